The molecule has 116 valence electrons. The van der Waals surface area contributed by atoms with Gasteiger partial charge in [-0.1, -0.05) is 6.07 Å². The number of nitrogens with one attached hydrogen (secondary N) is 1. The normalized spacial score (nSPS) is 12.0. The first kappa shape index (κ1) is 16.8. The Bertz CT molecular complexity index is 522. The number of hydrogen-bond acceptors (Lipinski definition) is 3. The SMILES string of the molecule is COc1ccc(CC(=O)NC(CC(F)F)C(=O)O)cc1F. The van der Waals surface area contributed by atoms with Gasteiger partial charge in [-0.15, -0.1) is 0 Å². The van der Waals surface area contributed by atoms with E-state index in [1.165, 1.54) is 19.2 Å². The van der Waals surface area contributed by atoms with Crippen LogP contribution in [0, 0.1) is 5.82 Å². The van der Waals surface area contributed by atoms with Gasteiger partial charge >= 0.3 is 5.97 Å². The van der Waals surface area contributed by atoms with Crippen molar-refractivity contribution in [3.05, 3.63) is 29.6 Å². The molecule has 1 rings (SSSR count). The van der Waals surface area contributed by atoms with Crippen molar-refractivity contribution < 1.29 is 32.6 Å². The summed E-state index contributed by atoms with van der Waals surface area (Å²) in [5, 5.41) is 10.7. The second-order valence-electron chi connectivity index (χ2n) is 4.23. The second kappa shape index (κ2) is 7.51. The zero-order chi connectivity index (χ0) is 16.0. The van der Waals surface area contributed by atoms with Gasteiger partial charge in [-0.25, -0.2) is 18.0 Å². The summed E-state index contributed by atoms with van der Waals surface area (Å²) in [5.41, 5.74) is 0.270. The van der Waals surface area contributed by atoms with E-state index in [-0.39, 0.29) is 17.7 Å². The summed E-state index contributed by atoms with van der Waals surface area (Å²) >= 11 is 0. The van der Waals surface area contributed by atoms with Crippen molar-refractivity contribution in [2.24, 2.45) is 0 Å². The van der Waals surface area contributed by atoms with Crippen molar-refractivity contribution in [2.45, 2.75) is 25.3 Å². The lowest BCUT2D eigenvalue weighted by molar-refractivity contribution is -0.142. The average Bonchev–Trinajstić information content (AvgIpc) is 2.37. The number of carboxylic acid groups (broad SMARTS) is 1. The third-order valence-corrected chi connectivity index (χ3v) is 2.63. The van der Waals surface area contributed by atoms with E-state index in [1.807, 2.05) is 5.32 Å². The maximum atomic E-state index is 13.4. The highest BCUT2D eigenvalue weighted by molar-refractivity contribution is 5.84. The Kier molecular flexibility index (Phi) is 6.01. The minimum absolute atomic E-state index is 0.000251. The van der Waals surface area contributed by atoms with E-state index in [0.29, 0.717) is 0 Å². The zero-order valence-corrected chi connectivity index (χ0v) is 11.1. The maximum absolute atomic E-state index is 13.4. The lowest BCUT2D eigenvalue weighted by Crippen LogP contribution is -2.42. The Morgan fingerprint density at radius 3 is 2.52 bits per heavy atom. The van der Waals surface area contributed by atoms with Crippen molar-refractivity contribution >= 4 is 11.9 Å². The molecule has 21 heavy (non-hydrogen) atoms. The molecule has 0 saturated carbocycles. The molecule has 0 radical (unpaired) electrons. The molecule has 0 aliphatic carbocycles. The summed E-state index contributed by atoms with van der Waals surface area (Å²) in [6.45, 7) is 0. The number of amides is 1. The van der Waals surface area contributed by atoms with E-state index in [1.54, 1.807) is 0 Å². The van der Waals surface area contributed by atoms with E-state index in [4.69, 9.17) is 9.84 Å². The van der Waals surface area contributed by atoms with Crippen LogP contribution < -0.4 is 10.1 Å². The maximum Gasteiger partial charge on any atom is 0.326 e. The van der Waals surface area contributed by atoms with Gasteiger partial charge < -0.3 is 15.2 Å². The molecule has 0 aromatic heterocycles. The predicted octanol–water partition coefficient (Wildman–Crippen LogP) is 1.60. The molecule has 0 aliphatic rings. The van der Waals surface area contributed by atoms with E-state index in [9.17, 15) is 22.8 Å². The topological polar surface area (TPSA) is 75.6 Å². The van der Waals surface area contributed by atoms with Crippen molar-refractivity contribution in [3.8, 4) is 5.75 Å². The fourth-order valence-electron chi connectivity index (χ4n) is 1.65. The molecule has 2 N–H and O–H groups in total. The van der Waals surface area contributed by atoms with Gasteiger partial charge in [0.1, 0.15) is 6.04 Å². The van der Waals surface area contributed by atoms with Crippen LogP contribution in [-0.4, -0.2) is 36.6 Å². The van der Waals surface area contributed by atoms with Crippen LogP contribution in [0.15, 0.2) is 18.2 Å². The number of halogens is 3. The lowest BCUT2D eigenvalue weighted by atomic mass is 10.1. The number of benzene rings is 1. The molecule has 8 heteroatoms. The van der Waals surface area contributed by atoms with Gasteiger partial charge in [-0.3, -0.25) is 4.79 Å². The van der Waals surface area contributed by atoms with E-state index in [0.717, 1.165) is 6.07 Å². The van der Waals surface area contributed by atoms with Gasteiger partial charge in [0, 0.05) is 6.42 Å². The summed E-state index contributed by atoms with van der Waals surface area (Å²) in [6, 6.07) is 2.11. The summed E-state index contributed by atoms with van der Waals surface area (Å²) in [7, 11) is 1.28. The minimum atomic E-state index is -2.86. The average molecular weight is 305 g/mol. The number of carboxylic acids is 1. The van der Waals surface area contributed by atoms with Crippen molar-refractivity contribution in [3.63, 3.8) is 0 Å². The summed E-state index contributed by atoms with van der Waals surface area (Å²) in [6.07, 6.45) is -4.17. The van der Waals surface area contributed by atoms with Gasteiger partial charge in [0.15, 0.2) is 11.6 Å². The van der Waals surface area contributed by atoms with Crippen LogP contribution in [0.25, 0.3) is 0 Å². The molecule has 1 unspecified atom stereocenters. The molecular formula is C13H14F3NO4. The Morgan fingerprint density at radius 1 is 1.38 bits per heavy atom. The molecule has 0 spiro atoms. The number of carbonyl (C=O) groups excluding carboxylic acids is 1. The first-order valence-electron chi connectivity index (χ1n) is 5.96. The monoisotopic (exact) mass is 305 g/mol. The fourth-order valence-corrected chi connectivity index (χ4v) is 1.65. The summed E-state index contributed by atoms with van der Waals surface area (Å²) in [5.74, 6) is -3.01. The number of alkyl halides is 2. The first-order valence-corrected chi connectivity index (χ1v) is 5.96. The summed E-state index contributed by atoms with van der Waals surface area (Å²) in [4.78, 5) is 22.3. The van der Waals surface area contributed by atoms with Crippen LogP contribution in [0.1, 0.15) is 12.0 Å². The van der Waals surface area contributed by atoms with Crippen LogP contribution >= 0.6 is 0 Å². The molecule has 5 nitrogen and oxygen atoms in total. The number of rotatable bonds is 7. The molecule has 0 aliphatic heterocycles. The van der Waals surface area contributed by atoms with Crippen molar-refractivity contribution in [2.75, 3.05) is 7.11 Å². The number of aliphatic carboxylic acids is 1. The third kappa shape index (κ3) is 5.33. The summed E-state index contributed by atoms with van der Waals surface area (Å²) < 4.78 is 42.5. The van der Waals surface area contributed by atoms with Crippen molar-refractivity contribution in [1.29, 1.82) is 0 Å². The number of carbonyl (C=O) groups is 2. The van der Waals surface area contributed by atoms with Gasteiger partial charge in [0.25, 0.3) is 0 Å². The van der Waals surface area contributed by atoms with E-state index >= 15 is 0 Å². The predicted molar refractivity (Wildman–Crippen MR) is 66.8 cm³/mol. The smallest absolute Gasteiger partial charge is 0.326 e. The standard InChI is InChI=1S/C13H14F3NO4/c1-21-10-3-2-7(4-8(10)14)5-12(18)17-9(13(19)20)6-11(15)16/h2-4,9,11H,5-6H2,1H3,(H,17,18)(H,19,20). The highest BCUT2D eigenvalue weighted by atomic mass is 19.3. The zero-order valence-electron chi connectivity index (χ0n) is 11.1. The van der Waals surface area contributed by atoms with Crippen LogP contribution in [0.2, 0.25) is 0 Å². The Morgan fingerprint density at radius 2 is 2.05 bits per heavy atom. The first-order chi connectivity index (χ1) is 9.83. The molecule has 1 atom stereocenters. The molecule has 1 amide bonds. The lowest BCUT2D eigenvalue weighted by Gasteiger charge is -2.14. The van der Waals surface area contributed by atoms with Crippen LogP contribution in [0.4, 0.5) is 13.2 Å². The molecule has 1 aromatic carbocycles. The number of ether oxygens (including phenoxy) is 1. The third-order valence-electron chi connectivity index (χ3n) is 2.63. The molecule has 0 bridgehead atoms. The largest absolute Gasteiger partial charge is 0.494 e. The number of methoxy groups -OCH3 is 1. The molecular weight excluding hydrogens is 291 g/mol. The molecule has 1 aromatic rings. The highest BCUT2D eigenvalue weighted by Crippen LogP contribution is 2.18. The fraction of sp³-hybridized carbons (Fsp3) is 0.385. The van der Waals surface area contributed by atoms with Crippen molar-refractivity contribution in [1.82, 2.24) is 5.32 Å². The van der Waals surface area contributed by atoms with E-state index < -0.39 is 36.6 Å². The highest BCUT2D eigenvalue weighted by Gasteiger charge is 2.24. The number of hydrogen-bond donors (Lipinski definition) is 2. The Hall–Kier alpha value is -2.25. The van der Waals surface area contributed by atoms with Gasteiger partial charge in [-0.2, -0.15) is 0 Å². The molecule has 0 heterocycles. The Balaban J connectivity index is 2.67. The second-order valence-corrected chi connectivity index (χ2v) is 4.23. The van der Waals surface area contributed by atoms with Gasteiger partial charge in [0.2, 0.25) is 12.3 Å². The quantitative estimate of drug-likeness (QED) is 0.802. The van der Waals surface area contributed by atoms with Gasteiger partial charge in [-0.05, 0) is 17.7 Å². The molecule has 0 fully saturated rings. The minimum Gasteiger partial charge on any atom is -0.494 e. The van der Waals surface area contributed by atoms with E-state index in [2.05, 4.69) is 0 Å². The Labute approximate surface area is 118 Å². The van der Waals surface area contributed by atoms with Crippen LogP contribution in [0.5, 0.6) is 5.75 Å². The van der Waals surface area contributed by atoms with Gasteiger partial charge in [0.05, 0.1) is 13.5 Å². The molecule has 0 saturated heterocycles. The van der Waals surface area contributed by atoms with Crippen LogP contribution in [-0.2, 0) is 16.0 Å². The van der Waals surface area contributed by atoms with Crippen LogP contribution in [0.3, 0.4) is 0 Å².